The highest BCUT2D eigenvalue weighted by Crippen LogP contribution is 2.35. The lowest BCUT2D eigenvalue weighted by Gasteiger charge is -2.11. The van der Waals surface area contributed by atoms with E-state index >= 15 is 0 Å². The highest BCUT2D eigenvalue weighted by Gasteiger charge is 2.17. The summed E-state index contributed by atoms with van der Waals surface area (Å²) in [6, 6.07) is 5.64. The quantitative estimate of drug-likeness (QED) is 0.894. The van der Waals surface area contributed by atoms with E-state index in [9.17, 15) is 4.79 Å². The zero-order valence-corrected chi connectivity index (χ0v) is 12.6. The van der Waals surface area contributed by atoms with Gasteiger partial charge >= 0.3 is 0 Å². The monoisotopic (exact) mass is 296 g/mol. The van der Waals surface area contributed by atoms with E-state index < -0.39 is 0 Å². The summed E-state index contributed by atoms with van der Waals surface area (Å²) in [5.41, 5.74) is 6.59. The number of nitrogens with two attached hydrogens (primary N) is 1. The molecule has 3 nitrogen and oxygen atoms in total. The first-order valence-corrected chi connectivity index (χ1v) is 7.50. The van der Waals surface area contributed by atoms with Crippen molar-refractivity contribution in [2.24, 2.45) is 0 Å². The fourth-order valence-corrected chi connectivity index (χ4v) is 3.36. The molecule has 0 aliphatic rings. The summed E-state index contributed by atoms with van der Waals surface area (Å²) in [6.45, 7) is 4.10. The predicted octanol–water partition coefficient (Wildman–Crippen LogP) is 4.06. The smallest absolute Gasteiger partial charge is 0.263 e. The standard InChI is InChI=1S/C14H17ClN2OS/c1-3-4-8(2)17-14(18)13-12(16)10-6-5-9(15)7-11(10)19-13/h5-8H,3-4,16H2,1-2H3,(H,17,18). The second kappa shape index (κ2) is 5.80. The molecule has 5 heteroatoms. The number of carbonyl (C=O) groups is 1. The lowest BCUT2D eigenvalue weighted by Crippen LogP contribution is -2.32. The van der Waals surface area contributed by atoms with E-state index in [2.05, 4.69) is 12.2 Å². The van der Waals surface area contributed by atoms with Crippen molar-refractivity contribution in [3.63, 3.8) is 0 Å². The van der Waals surface area contributed by atoms with Crippen LogP contribution in [-0.4, -0.2) is 11.9 Å². The van der Waals surface area contributed by atoms with Crippen LogP contribution in [0.3, 0.4) is 0 Å². The third-order valence-electron chi connectivity index (χ3n) is 3.00. The minimum absolute atomic E-state index is 0.101. The number of fused-ring (bicyclic) bond motifs is 1. The van der Waals surface area contributed by atoms with E-state index in [1.165, 1.54) is 11.3 Å². The molecule has 3 N–H and O–H groups in total. The third-order valence-corrected chi connectivity index (χ3v) is 4.40. The molecule has 0 saturated carbocycles. The molecular formula is C14H17ClN2OS. The van der Waals surface area contributed by atoms with Crippen LogP contribution >= 0.6 is 22.9 Å². The Kier molecular flexibility index (Phi) is 4.32. The fraction of sp³-hybridized carbons (Fsp3) is 0.357. The average Bonchev–Trinajstić information content (AvgIpc) is 2.66. The fourth-order valence-electron chi connectivity index (χ4n) is 2.05. The summed E-state index contributed by atoms with van der Waals surface area (Å²) in [5.74, 6) is -0.101. The minimum Gasteiger partial charge on any atom is -0.397 e. The van der Waals surface area contributed by atoms with Gasteiger partial charge in [0.05, 0.1) is 5.69 Å². The van der Waals surface area contributed by atoms with E-state index in [4.69, 9.17) is 17.3 Å². The van der Waals surface area contributed by atoms with Gasteiger partial charge in [0.1, 0.15) is 4.88 Å². The lowest BCUT2D eigenvalue weighted by molar-refractivity contribution is 0.0943. The van der Waals surface area contributed by atoms with Gasteiger partial charge in [-0.3, -0.25) is 4.79 Å². The number of anilines is 1. The van der Waals surface area contributed by atoms with E-state index in [1.807, 2.05) is 19.1 Å². The SMILES string of the molecule is CCCC(C)NC(=O)c1sc2cc(Cl)ccc2c1N. The van der Waals surface area contributed by atoms with Gasteiger partial charge in [0.25, 0.3) is 5.91 Å². The number of thiophene rings is 1. The number of nitrogen functional groups attached to an aromatic ring is 1. The molecule has 0 spiro atoms. The molecule has 0 bridgehead atoms. The normalized spacial score (nSPS) is 12.6. The number of hydrogen-bond acceptors (Lipinski definition) is 3. The van der Waals surface area contributed by atoms with Gasteiger partial charge in [-0.15, -0.1) is 11.3 Å². The Morgan fingerprint density at radius 3 is 2.95 bits per heavy atom. The van der Waals surface area contributed by atoms with Gasteiger partial charge in [-0.1, -0.05) is 24.9 Å². The van der Waals surface area contributed by atoms with Crippen molar-refractivity contribution in [1.82, 2.24) is 5.32 Å². The Labute approximate surface area is 121 Å². The highest BCUT2D eigenvalue weighted by atomic mass is 35.5. The Morgan fingerprint density at radius 2 is 2.26 bits per heavy atom. The first-order valence-electron chi connectivity index (χ1n) is 6.31. The predicted molar refractivity (Wildman–Crippen MR) is 83.1 cm³/mol. The number of hydrogen-bond donors (Lipinski definition) is 2. The second-order valence-corrected chi connectivity index (χ2v) is 6.14. The topological polar surface area (TPSA) is 55.1 Å². The zero-order valence-electron chi connectivity index (χ0n) is 11.0. The first kappa shape index (κ1) is 14.2. The molecule has 102 valence electrons. The van der Waals surface area contributed by atoms with Gasteiger partial charge in [-0.2, -0.15) is 0 Å². The molecule has 0 saturated heterocycles. The molecule has 2 rings (SSSR count). The molecular weight excluding hydrogens is 280 g/mol. The van der Waals surface area contributed by atoms with Crippen molar-refractivity contribution in [2.75, 3.05) is 5.73 Å². The van der Waals surface area contributed by atoms with Gasteiger partial charge in [-0.25, -0.2) is 0 Å². The molecule has 1 aromatic carbocycles. The van der Waals surface area contributed by atoms with Crippen molar-refractivity contribution in [2.45, 2.75) is 32.7 Å². The van der Waals surface area contributed by atoms with Crippen molar-refractivity contribution in [1.29, 1.82) is 0 Å². The van der Waals surface area contributed by atoms with Crippen molar-refractivity contribution < 1.29 is 4.79 Å². The molecule has 1 atom stereocenters. The number of rotatable bonds is 4. The maximum Gasteiger partial charge on any atom is 0.263 e. The van der Waals surface area contributed by atoms with Crippen molar-refractivity contribution in [3.05, 3.63) is 28.1 Å². The van der Waals surface area contributed by atoms with Crippen LogP contribution in [0.15, 0.2) is 18.2 Å². The summed E-state index contributed by atoms with van der Waals surface area (Å²) < 4.78 is 0.943. The Hall–Kier alpha value is -1.26. The van der Waals surface area contributed by atoms with Crippen molar-refractivity contribution >= 4 is 44.6 Å². The van der Waals surface area contributed by atoms with Gasteiger partial charge in [0, 0.05) is 21.2 Å². The Morgan fingerprint density at radius 1 is 1.53 bits per heavy atom. The maximum absolute atomic E-state index is 12.2. The van der Waals surface area contributed by atoms with Crippen LogP contribution in [0.5, 0.6) is 0 Å². The molecule has 0 radical (unpaired) electrons. The Bertz CT molecular complexity index is 609. The zero-order chi connectivity index (χ0) is 14.0. The van der Waals surface area contributed by atoms with E-state index in [-0.39, 0.29) is 11.9 Å². The van der Waals surface area contributed by atoms with Crippen LogP contribution in [0.25, 0.3) is 10.1 Å². The third kappa shape index (κ3) is 3.01. The molecule has 0 aliphatic carbocycles. The number of carbonyl (C=O) groups excluding carboxylic acids is 1. The molecule has 2 aromatic rings. The first-order chi connectivity index (χ1) is 9.02. The van der Waals surface area contributed by atoms with Crippen LogP contribution in [-0.2, 0) is 0 Å². The summed E-state index contributed by atoms with van der Waals surface area (Å²) in [7, 11) is 0. The molecule has 1 unspecified atom stereocenters. The number of benzene rings is 1. The highest BCUT2D eigenvalue weighted by molar-refractivity contribution is 7.21. The number of nitrogens with one attached hydrogen (secondary N) is 1. The molecule has 1 aromatic heterocycles. The van der Waals surface area contributed by atoms with Crippen LogP contribution in [0.2, 0.25) is 5.02 Å². The summed E-state index contributed by atoms with van der Waals surface area (Å²) in [4.78, 5) is 12.8. The average molecular weight is 297 g/mol. The van der Waals surface area contributed by atoms with Gasteiger partial charge in [0.15, 0.2) is 0 Å². The molecule has 19 heavy (non-hydrogen) atoms. The molecule has 1 amide bonds. The minimum atomic E-state index is -0.101. The molecule has 0 aliphatic heterocycles. The number of halogens is 1. The Balaban J connectivity index is 2.29. The van der Waals surface area contributed by atoms with E-state index in [1.54, 1.807) is 6.07 Å². The summed E-state index contributed by atoms with van der Waals surface area (Å²) >= 11 is 7.34. The maximum atomic E-state index is 12.2. The lowest BCUT2D eigenvalue weighted by atomic mass is 10.2. The summed E-state index contributed by atoms with van der Waals surface area (Å²) in [5, 5.41) is 4.52. The van der Waals surface area contributed by atoms with Crippen LogP contribution < -0.4 is 11.1 Å². The van der Waals surface area contributed by atoms with Gasteiger partial charge < -0.3 is 11.1 Å². The van der Waals surface area contributed by atoms with Crippen molar-refractivity contribution in [3.8, 4) is 0 Å². The molecule has 1 heterocycles. The largest absolute Gasteiger partial charge is 0.397 e. The van der Waals surface area contributed by atoms with Crippen LogP contribution in [0, 0.1) is 0 Å². The summed E-state index contributed by atoms with van der Waals surface area (Å²) in [6.07, 6.45) is 2.00. The second-order valence-electron chi connectivity index (χ2n) is 4.65. The van der Waals surface area contributed by atoms with Gasteiger partial charge in [-0.05, 0) is 31.5 Å². The van der Waals surface area contributed by atoms with Crippen LogP contribution in [0.4, 0.5) is 5.69 Å². The van der Waals surface area contributed by atoms with Crippen LogP contribution in [0.1, 0.15) is 36.4 Å². The molecule has 0 fully saturated rings. The van der Waals surface area contributed by atoms with E-state index in [0.717, 1.165) is 22.9 Å². The van der Waals surface area contributed by atoms with Gasteiger partial charge in [0.2, 0.25) is 0 Å². The van der Waals surface area contributed by atoms with E-state index in [0.29, 0.717) is 15.6 Å². The number of amides is 1.